The Kier molecular flexibility index (Phi) is 3.27. The molecule has 0 aliphatic heterocycles. The fraction of sp³-hybridized carbons (Fsp3) is 0.167. The van der Waals surface area contributed by atoms with Crippen molar-refractivity contribution in [1.82, 2.24) is 9.97 Å². The van der Waals surface area contributed by atoms with Gasteiger partial charge < -0.3 is 0 Å². The summed E-state index contributed by atoms with van der Waals surface area (Å²) in [6.45, 7) is 1.37. The van der Waals surface area contributed by atoms with Crippen molar-refractivity contribution in [3.05, 3.63) is 47.4 Å². The first-order valence-corrected chi connectivity index (χ1v) is 5.05. The van der Waals surface area contributed by atoms with Crippen LogP contribution in [0.3, 0.4) is 0 Å². The summed E-state index contributed by atoms with van der Waals surface area (Å²) in [5, 5.41) is 0. The van der Waals surface area contributed by atoms with Crippen molar-refractivity contribution in [3.63, 3.8) is 0 Å². The van der Waals surface area contributed by atoms with Gasteiger partial charge in [0.05, 0.1) is 5.69 Å². The van der Waals surface area contributed by atoms with Crippen molar-refractivity contribution in [2.75, 3.05) is 0 Å². The fourth-order valence-electron chi connectivity index (χ4n) is 1.64. The fourth-order valence-corrected chi connectivity index (χ4v) is 1.64. The largest absolute Gasteiger partial charge is 0.280 e. The van der Waals surface area contributed by atoms with Gasteiger partial charge in [0.1, 0.15) is 23.7 Å². The maximum atomic E-state index is 13.6. The van der Waals surface area contributed by atoms with Crippen LogP contribution in [0.1, 0.15) is 17.7 Å². The number of nitrogens with zero attached hydrogens (tertiary/aromatic N) is 2. The minimum Gasteiger partial charge on any atom is -0.236 e. The molecule has 1 aromatic heterocycles. The molecule has 0 saturated heterocycles. The Morgan fingerprint density at radius 3 is 2.44 bits per heavy atom. The molecule has 0 aliphatic carbocycles. The first kappa shape index (κ1) is 12.5. The Labute approximate surface area is 100 Å². The molecule has 0 N–H and O–H groups in total. The van der Waals surface area contributed by atoms with Gasteiger partial charge in [0.15, 0.2) is 0 Å². The van der Waals surface area contributed by atoms with Crippen LogP contribution in [0.4, 0.5) is 17.6 Å². The Morgan fingerprint density at radius 1 is 1.11 bits per heavy atom. The second kappa shape index (κ2) is 4.72. The standard InChI is InChI=1S/C12H8F4N2/c1-6-10(17-5-18-11(6)12(15)16)8-3-2-7(13)4-9(8)14/h2-5,12H,1H3. The van der Waals surface area contributed by atoms with E-state index in [1.165, 1.54) is 6.92 Å². The summed E-state index contributed by atoms with van der Waals surface area (Å²) in [6, 6.07) is 2.89. The van der Waals surface area contributed by atoms with Crippen LogP contribution in [0.2, 0.25) is 0 Å². The number of halogens is 4. The SMILES string of the molecule is Cc1c(-c2ccc(F)cc2F)ncnc1C(F)F. The summed E-state index contributed by atoms with van der Waals surface area (Å²) in [5.41, 5.74) is -0.363. The molecular weight excluding hydrogens is 248 g/mol. The predicted octanol–water partition coefficient (Wildman–Crippen LogP) is 3.67. The highest BCUT2D eigenvalue weighted by Gasteiger charge is 2.18. The lowest BCUT2D eigenvalue weighted by Crippen LogP contribution is -2.00. The molecule has 0 radical (unpaired) electrons. The predicted molar refractivity (Wildman–Crippen MR) is 57.1 cm³/mol. The van der Waals surface area contributed by atoms with Crippen LogP contribution in [0.15, 0.2) is 24.5 Å². The lowest BCUT2D eigenvalue weighted by molar-refractivity contribution is 0.145. The van der Waals surface area contributed by atoms with Gasteiger partial charge in [-0.3, -0.25) is 0 Å². The third-order valence-corrected chi connectivity index (χ3v) is 2.52. The maximum Gasteiger partial charge on any atom is 0.280 e. The van der Waals surface area contributed by atoms with E-state index in [0.717, 1.165) is 18.5 Å². The van der Waals surface area contributed by atoms with Gasteiger partial charge in [-0.2, -0.15) is 0 Å². The normalized spacial score (nSPS) is 11.0. The van der Waals surface area contributed by atoms with E-state index < -0.39 is 23.8 Å². The smallest absolute Gasteiger partial charge is 0.236 e. The second-order valence-electron chi connectivity index (χ2n) is 3.66. The number of alkyl halides is 2. The van der Waals surface area contributed by atoms with Gasteiger partial charge in [-0.25, -0.2) is 27.5 Å². The molecule has 2 aromatic rings. The molecule has 2 rings (SSSR count). The molecule has 6 heteroatoms. The van der Waals surface area contributed by atoms with E-state index in [2.05, 4.69) is 9.97 Å². The molecule has 1 aromatic carbocycles. The highest BCUT2D eigenvalue weighted by atomic mass is 19.3. The number of benzene rings is 1. The molecule has 0 aliphatic rings. The zero-order valence-electron chi connectivity index (χ0n) is 9.29. The third kappa shape index (κ3) is 2.18. The molecule has 2 nitrogen and oxygen atoms in total. The summed E-state index contributed by atoms with van der Waals surface area (Å²) in [6.07, 6.45) is -1.83. The monoisotopic (exact) mass is 256 g/mol. The van der Waals surface area contributed by atoms with Crippen LogP contribution in [0.25, 0.3) is 11.3 Å². The van der Waals surface area contributed by atoms with Crippen LogP contribution >= 0.6 is 0 Å². The average molecular weight is 256 g/mol. The molecule has 0 bridgehead atoms. The van der Waals surface area contributed by atoms with Gasteiger partial charge in [0.2, 0.25) is 0 Å². The van der Waals surface area contributed by atoms with Crippen molar-refractivity contribution in [1.29, 1.82) is 0 Å². The van der Waals surface area contributed by atoms with E-state index in [-0.39, 0.29) is 16.8 Å². The van der Waals surface area contributed by atoms with Gasteiger partial charge in [0, 0.05) is 17.2 Å². The first-order valence-electron chi connectivity index (χ1n) is 5.05. The molecular formula is C12H8F4N2. The minimum atomic E-state index is -2.77. The van der Waals surface area contributed by atoms with Crippen molar-refractivity contribution in [2.24, 2.45) is 0 Å². The van der Waals surface area contributed by atoms with E-state index in [0.29, 0.717) is 6.07 Å². The molecule has 0 atom stereocenters. The zero-order valence-corrected chi connectivity index (χ0v) is 9.29. The van der Waals surface area contributed by atoms with Gasteiger partial charge in [-0.15, -0.1) is 0 Å². The molecule has 0 unspecified atom stereocenters. The Morgan fingerprint density at radius 2 is 1.83 bits per heavy atom. The van der Waals surface area contributed by atoms with Crippen LogP contribution in [0.5, 0.6) is 0 Å². The summed E-state index contributed by atoms with van der Waals surface area (Å²) >= 11 is 0. The lowest BCUT2D eigenvalue weighted by atomic mass is 10.0. The molecule has 1 heterocycles. The van der Waals surface area contributed by atoms with E-state index in [4.69, 9.17) is 0 Å². The van der Waals surface area contributed by atoms with Crippen molar-refractivity contribution in [3.8, 4) is 11.3 Å². The Bertz CT molecular complexity index is 584. The maximum absolute atomic E-state index is 13.6. The number of hydrogen-bond acceptors (Lipinski definition) is 2. The van der Waals surface area contributed by atoms with Gasteiger partial charge >= 0.3 is 0 Å². The van der Waals surface area contributed by atoms with Crippen LogP contribution < -0.4 is 0 Å². The third-order valence-electron chi connectivity index (χ3n) is 2.52. The summed E-state index contributed by atoms with van der Waals surface area (Å²) < 4.78 is 51.6. The van der Waals surface area contributed by atoms with Crippen LogP contribution in [0, 0.1) is 18.6 Å². The Balaban J connectivity index is 2.61. The molecule has 94 valence electrons. The first-order chi connectivity index (χ1) is 8.50. The number of hydrogen-bond donors (Lipinski definition) is 0. The quantitative estimate of drug-likeness (QED) is 0.766. The van der Waals surface area contributed by atoms with Gasteiger partial charge in [0.25, 0.3) is 6.43 Å². The van der Waals surface area contributed by atoms with Crippen LogP contribution in [-0.4, -0.2) is 9.97 Å². The van der Waals surface area contributed by atoms with Gasteiger partial charge in [-0.05, 0) is 19.1 Å². The highest BCUT2D eigenvalue weighted by molar-refractivity contribution is 5.64. The molecule has 0 saturated carbocycles. The number of aromatic nitrogens is 2. The zero-order chi connectivity index (χ0) is 13.3. The topological polar surface area (TPSA) is 25.8 Å². The summed E-state index contributed by atoms with van der Waals surface area (Å²) in [5.74, 6) is -1.59. The summed E-state index contributed by atoms with van der Waals surface area (Å²) in [4.78, 5) is 7.23. The van der Waals surface area contributed by atoms with E-state index in [1.807, 2.05) is 0 Å². The molecule has 18 heavy (non-hydrogen) atoms. The van der Waals surface area contributed by atoms with Crippen molar-refractivity contribution in [2.45, 2.75) is 13.3 Å². The average Bonchev–Trinajstić information content (AvgIpc) is 2.30. The molecule has 0 spiro atoms. The number of rotatable bonds is 2. The summed E-state index contributed by atoms with van der Waals surface area (Å²) in [7, 11) is 0. The highest BCUT2D eigenvalue weighted by Crippen LogP contribution is 2.29. The second-order valence-corrected chi connectivity index (χ2v) is 3.66. The van der Waals surface area contributed by atoms with E-state index in [9.17, 15) is 17.6 Å². The molecule has 0 amide bonds. The van der Waals surface area contributed by atoms with E-state index in [1.54, 1.807) is 0 Å². The van der Waals surface area contributed by atoms with E-state index >= 15 is 0 Å². The molecule has 0 fully saturated rings. The lowest BCUT2D eigenvalue weighted by Gasteiger charge is -2.09. The van der Waals surface area contributed by atoms with Crippen molar-refractivity contribution >= 4 is 0 Å². The minimum absolute atomic E-state index is 0.0294. The van der Waals surface area contributed by atoms with Crippen LogP contribution in [-0.2, 0) is 0 Å². The van der Waals surface area contributed by atoms with Crippen molar-refractivity contribution < 1.29 is 17.6 Å². The van der Waals surface area contributed by atoms with Gasteiger partial charge in [-0.1, -0.05) is 0 Å². The Hall–Kier alpha value is -1.98.